The molecule has 27 heavy (non-hydrogen) atoms. The number of rotatable bonds is 6. The van der Waals surface area contributed by atoms with Crippen molar-refractivity contribution in [2.45, 2.75) is 31.2 Å². The Morgan fingerprint density at radius 1 is 1.04 bits per heavy atom. The molecule has 0 unspecified atom stereocenters. The summed E-state index contributed by atoms with van der Waals surface area (Å²) in [6.45, 7) is 4.34. The van der Waals surface area contributed by atoms with Gasteiger partial charge >= 0.3 is 0 Å². The smallest absolute Gasteiger partial charge is 0.255 e. The van der Waals surface area contributed by atoms with Gasteiger partial charge in [0.2, 0.25) is 5.91 Å². The summed E-state index contributed by atoms with van der Waals surface area (Å²) in [5.41, 5.74) is 2.98. The highest BCUT2D eigenvalue weighted by atomic mass is 32.2. The van der Waals surface area contributed by atoms with Gasteiger partial charge in [0, 0.05) is 31.6 Å². The number of nitrogens with zero attached hydrogens (tertiary/aromatic N) is 2. The Morgan fingerprint density at radius 3 is 2.44 bits per heavy atom. The highest BCUT2D eigenvalue weighted by Crippen LogP contribution is 2.25. The van der Waals surface area contributed by atoms with Crippen LogP contribution in [-0.4, -0.2) is 47.5 Å². The maximum absolute atomic E-state index is 13.0. The van der Waals surface area contributed by atoms with Gasteiger partial charge < -0.3 is 9.80 Å². The van der Waals surface area contributed by atoms with E-state index < -0.39 is 0 Å². The van der Waals surface area contributed by atoms with Crippen LogP contribution in [0.4, 0.5) is 0 Å². The molecule has 142 valence electrons. The van der Waals surface area contributed by atoms with E-state index in [1.165, 1.54) is 17.3 Å². The molecule has 1 aliphatic heterocycles. The van der Waals surface area contributed by atoms with Crippen LogP contribution in [0.1, 0.15) is 34.3 Å². The molecule has 0 aromatic heterocycles. The predicted octanol–water partition coefficient (Wildman–Crippen LogP) is 3.98. The Labute approximate surface area is 165 Å². The van der Waals surface area contributed by atoms with E-state index >= 15 is 0 Å². The van der Waals surface area contributed by atoms with Gasteiger partial charge in [-0.05, 0) is 43.0 Å². The van der Waals surface area contributed by atoms with E-state index in [0.717, 1.165) is 36.4 Å². The molecule has 0 saturated carbocycles. The molecule has 3 rings (SSSR count). The SMILES string of the molecule is Cc1ccccc1CN(C)C(=O)c1ccccc1SCC(=O)N1CCCC1. The fourth-order valence-corrected chi connectivity index (χ4v) is 4.23. The molecular formula is C22H26N2O2S. The molecule has 0 bridgehead atoms. The maximum atomic E-state index is 13.0. The standard InChI is InChI=1S/C22H26N2O2S/c1-17-9-3-4-10-18(17)15-23(2)22(26)19-11-5-6-12-20(19)27-16-21(25)24-13-7-8-14-24/h3-6,9-12H,7-8,13-16H2,1-2H3. The zero-order valence-electron chi connectivity index (χ0n) is 16.0. The van der Waals surface area contributed by atoms with Crippen LogP contribution in [0.3, 0.4) is 0 Å². The largest absolute Gasteiger partial charge is 0.342 e. The van der Waals surface area contributed by atoms with Crippen LogP contribution in [0.25, 0.3) is 0 Å². The van der Waals surface area contributed by atoms with Crippen molar-refractivity contribution in [2.24, 2.45) is 0 Å². The first-order chi connectivity index (χ1) is 13.1. The summed E-state index contributed by atoms with van der Waals surface area (Å²) in [6.07, 6.45) is 2.18. The van der Waals surface area contributed by atoms with Crippen LogP contribution in [-0.2, 0) is 11.3 Å². The average molecular weight is 383 g/mol. The van der Waals surface area contributed by atoms with Crippen molar-refractivity contribution in [1.29, 1.82) is 0 Å². The first kappa shape index (κ1) is 19.5. The summed E-state index contributed by atoms with van der Waals surface area (Å²) in [5, 5.41) is 0. The lowest BCUT2D eigenvalue weighted by atomic mass is 10.1. The predicted molar refractivity (Wildman–Crippen MR) is 110 cm³/mol. The van der Waals surface area contributed by atoms with E-state index in [9.17, 15) is 9.59 Å². The van der Waals surface area contributed by atoms with E-state index in [-0.39, 0.29) is 11.8 Å². The third-order valence-corrected chi connectivity index (χ3v) is 6.00. The molecule has 5 heteroatoms. The summed E-state index contributed by atoms with van der Waals surface area (Å²) in [4.78, 5) is 29.8. The lowest BCUT2D eigenvalue weighted by Gasteiger charge is -2.20. The highest BCUT2D eigenvalue weighted by Gasteiger charge is 2.20. The molecule has 0 N–H and O–H groups in total. The highest BCUT2D eigenvalue weighted by molar-refractivity contribution is 8.00. The number of thioether (sulfide) groups is 1. The second kappa shape index (κ2) is 9.09. The third-order valence-electron chi connectivity index (χ3n) is 4.94. The molecule has 1 heterocycles. The molecule has 2 aromatic rings. The molecule has 1 aliphatic rings. The molecule has 1 saturated heterocycles. The van der Waals surface area contributed by atoms with E-state index in [1.54, 1.807) is 4.90 Å². The van der Waals surface area contributed by atoms with Gasteiger partial charge in [0.05, 0.1) is 11.3 Å². The Bertz CT molecular complexity index is 815. The zero-order chi connectivity index (χ0) is 19.2. The minimum absolute atomic E-state index is 0.0185. The first-order valence-corrected chi connectivity index (χ1v) is 10.3. The zero-order valence-corrected chi connectivity index (χ0v) is 16.8. The van der Waals surface area contributed by atoms with Crippen LogP contribution >= 0.6 is 11.8 Å². The van der Waals surface area contributed by atoms with Gasteiger partial charge in [0.25, 0.3) is 5.91 Å². The van der Waals surface area contributed by atoms with Crippen LogP contribution in [0.15, 0.2) is 53.4 Å². The fourth-order valence-electron chi connectivity index (χ4n) is 3.29. The van der Waals surface area contributed by atoms with E-state index in [0.29, 0.717) is 17.9 Å². The maximum Gasteiger partial charge on any atom is 0.255 e. The molecule has 0 aliphatic carbocycles. The number of hydrogen-bond acceptors (Lipinski definition) is 3. The molecule has 2 amide bonds. The first-order valence-electron chi connectivity index (χ1n) is 9.36. The number of amides is 2. The topological polar surface area (TPSA) is 40.6 Å². The van der Waals surface area contributed by atoms with Crippen molar-refractivity contribution in [3.63, 3.8) is 0 Å². The van der Waals surface area contributed by atoms with Crippen LogP contribution in [0.5, 0.6) is 0 Å². The molecular weight excluding hydrogens is 356 g/mol. The van der Waals surface area contributed by atoms with Gasteiger partial charge in [0.1, 0.15) is 0 Å². The van der Waals surface area contributed by atoms with Crippen molar-refractivity contribution >= 4 is 23.6 Å². The summed E-state index contributed by atoms with van der Waals surface area (Å²) in [5.74, 6) is 0.522. The Balaban J connectivity index is 1.67. The number of hydrogen-bond donors (Lipinski definition) is 0. The summed E-state index contributed by atoms with van der Waals surface area (Å²) >= 11 is 1.46. The minimum Gasteiger partial charge on any atom is -0.342 e. The summed E-state index contributed by atoms with van der Waals surface area (Å²) in [6, 6.07) is 15.7. The van der Waals surface area contributed by atoms with Gasteiger partial charge in [-0.2, -0.15) is 0 Å². The van der Waals surface area contributed by atoms with E-state index in [2.05, 4.69) is 19.1 Å². The number of carbonyl (C=O) groups is 2. The van der Waals surface area contributed by atoms with Gasteiger partial charge in [-0.25, -0.2) is 0 Å². The lowest BCUT2D eigenvalue weighted by Crippen LogP contribution is -2.29. The molecule has 1 fully saturated rings. The number of likely N-dealkylation sites (tertiary alicyclic amines) is 1. The second-order valence-electron chi connectivity index (χ2n) is 6.96. The van der Waals surface area contributed by atoms with Crippen molar-refractivity contribution in [3.8, 4) is 0 Å². The van der Waals surface area contributed by atoms with Crippen molar-refractivity contribution < 1.29 is 9.59 Å². The Morgan fingerprint density at radius 2 is 1.70 bits per heavy atom. The average Bonchev–Trinajstić information content (AvgIpc) is 3.22. The number of carbonyl (C=O) groups excluding carboxylic acids is 2. The van der Waals surface area contributed by atoms with Crippen molar-refractivity contribution in [2.75, 3.05) is 25.9 Å². The molecule has 2 aromatic carbocycles. The van der Waals surface area contributed by atoms with Crippen molar-refractivity contribution in [1.82, 2.24) is 9.80 Å². The Hall–Kier alpha value is -2.27. The van der Waals surface area contributed by atoms with E-state index in [1.807, 2.05) is 48.3 Å². The van der Waals surface area contributed by atoms with Crippen LogP contribution in [0.2, 0.25) is 0 Å². The van der Waals surface area contributed by atoms with Crippen LogP contribution < -0.4 is 0 Å². The van der Waals surface area contributed by atoms with Gasteiger partial charge in [-0.1, -0.05) is 36.4 Å². The normalized spacial score (nSPS) is 13.6. The van der Waals surface area contributed by atoms with Crippen molar-refractivity contribution in [3.05, 3.63) is 65.2 Å². The van der Waals surface area contributed by atoms with Crippen LogP contribution in [0, 0.1) is 6.92 Å². The van der Waals surface area contributed by atoms with Gasteiger partial charge in [-0.3, -0.25) is 9.59 Å². The van der Waals surface area contributed by atoms with Gasteiger partial charge in [0.15, 0.2) is 0 Å². The molecule has 0 atom stereocenters. The van der Waals surface area contributed by atoms with Gasteiger partial charge in [-0.15, -0.1) is 11.8 Å². The number of aryl methyl sites for hydroxylation is 1. The molecule has 4 nitrogen and oxygen atoms in total. The quantitative estimate of drug-likeness (QED) is 0.710. The minimum atomic E-state index is -0.0185. The summed E-state index contributed by atoms with van der Waals surface area (Å²) in [7, 11) is 1.83. The third kappa shape index (κ3) is 4.92. The monoisotopic (exact) mass is 382 g/mol. The molecule has 0 radical (unpaired) electrons. The second-order valence-corrected chi connectivity index (χ2v) is 7.98. The van der Waals surface area contributed by atoms with E-state index in [4.69, 9.17) is 0 Å². The molecule has 0 spiro atoms. The lowest BCUT2D eigenvalue weighted by molar-refractivity contribution is -0.127. The summed E-state index contributed by atoms with van der Waals surface area (Å²) < 4.78 is 0. The Kier molecular flexibility index (Phi) is 6.56. The fraction of sp³-hybridized carbons (Fsp3) is 0.364. The number of benzene rings is 2.